The van der Waals surface area contributed by atoms with E-state index in [1.807, 2.05) is 14.0 Å². The molecule has 1 aromatic rings. The van der Waals surface area contributed by atoms with Crippen molar-refractivity contribution in [2.24, 2.45) is 12.8 Å². The van der Waals surface area contributed by atoms with Crippen molar-refractivity contribution in [2.75, 3.05) is 5.75 Å². The summed E-state index contributed by atoms with van der Waals surface area (Å²) in [5, 5.41) is 11.6. The molecule has 0 saturated heterocycles. The van der Waals surface area contributed by atoms with E-state index < -0.39 is 0 Å². The summed E-state index contributed by atoms with van der Waals surface area (Å²) >= 11 is 1.33. The zero-order chi connectivity index (χ0) is 15.8. The Hall–Kier alpha value is -1.57. The number of amides is 2. The van der Waals surface area contributed by atoms with Gasteiger partial charge in [-0.05, 0) is 13.3 Å². The molecule has 2 amide bonds. The quantitative estimate of drug-likeness (QED) is 0.651. The van der Waals surface area contributed by atoms with Crippen molar-refractivity contribution >= 4 is 23.6 Å². The summed E-state index contributed by atoms with van der Waals surface area (Å²) in [4.78, 5) is 22.6. The van der Waals surface area contributed by atoms with Crippen molar-refractivity contribution in [2.45, 2.75) is 50.7 Å². The Morgan fingerprint density at radius 1 is 1.43 bits per heavy atom. The van der Waals surface area contributed by atoms with Gasteiger partial charge in [0.05, 0.1) is 5.75 Å². The Morgan fingerprint density at radius 2 is 2.14 bits per heavy atom. The number of hydrogen-bond donors (Lipinski definition) is 2. The average molecular weight is 313 g/mol. The van der Waals surface area contributed by atoms with Crippen LogP contribution in [0.3, 0.4) is 0 Å². The average Bonchev–Trinajstić information content (AvgIpc) is 2.75. The van der Waals surface area contributed by atoms with Gasteiger partial charge in [0.2, 0.25) is 11.8 Å². The fraction of sp³-hybridized carbons (Fsp3) is 0.692. The minimum atomic E-state index is -0.364. The van der Waals surface area contributed by atoms with Crippen LogP contribution in [0.1, 0.15) is 38.9 Å². The standard InChI is InChI=1S/C13H23N5O2S/c1-4-5-9(2)15-12(20)8-21-13-17-16-11(18(13)3)7-6-10(14)19/h9H,4-8H2,1-3H3,(H2,14,19)(H,15,20)/t9-/m1/s1. The SMILES string of the molecule is CCC[C@@H](C)NC(=O)CSc1nnc(CCC(N)=O)n1C. The fourth-order valence-corrected chi connectivity index (χ4v) is 2.62. The second-order valence-electron chi connectivity index (χ2n) is 4.97. The van der Waals surface area contributed by atoms with E-state index in [9.17, 15) is 9.59 Å². The van der Waals surface area contributed by atoms with Crippen LogP contribution in [0.15, 0.2) is 5.16 Å². The number of carbonyl (C=O) groups is 2. The molecular formula is C13H23N5O2S. The molecule has 0 aliphatic rings. The van der Waals surface area contributed by atoms with Crippen LogP contribution in [-0.2, 0) is 23.1 Å². The molecule has 1 atom stereocenters. The van der Waals surface area contributed by atoms with E-state index in [0.717, 1.165) is 12.8 Å². The van der Waals surface area contributed by atoms with Crippen LogP contribution in [0, 0.1) is 0 Å². The van der Waals surface area contributed by atoms with Crippen molar-refractivity contribution in [3.8, 4) is 0 Å². The Balaban J connectivity index is 2.45. The lowest BCUT2D eigenvalue weighted by Crippen LogP contribution is -2.33. The van der Waals surface area contributed by atoms with Gasteiger partial charge < -0.3 is 15.6 Å². The van der Waals surface area contributed by atoms with Crippen LogP contribution in [-0.4, -0.2) is 38.4 Å². The Labute approximate surface area is 129 Å². The van der Waals surface area contributed by atoms with E-state index >= 15 is 0 Å². The number of aromatic nitrogens is 3. The first-order valence-corrected chi connectivity index (χ1v) is 8.01. The summed E-state index contributed by atoms with van der Waals surface area (Å²) in [6, 6.07) is 0.189. The molecular weight excluding hydrogens is 290 g/mol. The van der Waals surface area contributed by atoms with E-state index in [4.69, 9.17) is 5.73 Å². The van der Waals surface area contributed by atoms with Crippen molar-refractivity contribution in [3.05, 3.63) is 5.82 Å². The van der Waals surface area contributed by atoms with Gasteiger partial charge in [0.15, 0.2) is 5.16 Å². The molecule has 7 nitrogen and oxygen atoms in total. The van der Waals surface area contributed by atoms with Gasteiger partial charge in [0.25, 0.3) is 0 Å². The third-order valence-electron chi connectivity index (χ3n) is 2.98. The van der Waals surface area contributed by atoms with Gasteiger partial charge in [-0.1, -0.05) is 25.1 Å². The first-order valence-electron chi connectivity index (χ1n) is 7.02. The Kier molecular flexibility index (Phi) is 7.21. The van der Waals surface area contributed by atoms with E-state index in [1.54, 1.807) is 4.57 Å². The highest BCUT2D eigenvalue weighted by atomic mass is 32.2. The van der Waals surface area contributed by atoms with Crippen LogP contribution in [0.5, 0.6) is 0 Å². The number of thioether (sulfide) groups is 1. The first kappa shape index (κ1) is 17.5. The summed E-state index contributed by atoms with van der Waals surface area (Å²) in [7, 11) is 1.82. The smallest absolute Gasteiger partial charge is 0.230 e. The highest BCUT2D eigenvalue weighted by molar-refractivity contribution is 7.99. The van der Waals surface area contributed by atoms with Gasteiger partial charge in [-0.3, -0.25) is 9.59 Å². The van der Waals surface area contributed by atoms with Gasteiger partial charge in [-0.2, -0.15) is 0 Å². The molecule has 1 rings (SSSR count). The van der Waals surface area contributed by atoms with Crippen molar-refractivity contribution in [1.82, 2.24) is 20.1 Å². The molecule has 8 heteroatoms. The topological polar surface area (TPSA) is 103 Å². The number of nitrogens with one attached hydrogen (secondary N) is 1. The lowest BCUT2D eigenvalue weighted by molar-refractivity contribution is -0.119. The molecule has 118 valence electrons. The summed E-state index contributed by atoms with van der Waals surface area (Å²) in [5.74, 6) is 0.616. The molecule has 0 aliphatic carbocycles. The normalized spacial score (nSPS) is 12.1. The molecule has 0 spiro atoms. The van der Waals surface area contributed by atoms with E-state index in [0.29, 0.717) is 23.2 Å². The van der Waals surface area contributed by atoms with E-state index in [1.165, 1.54) is 11.8 Å². The van der Waals surface area contributed by atoms with Crippen LogP contribution in [0.4, 0.5) is 0 Å². The molecule has 1 aromatic heterocycles. The van der Waals surface area contributed by atoms with E-state index in [-0.39, 0.29) is 24.3 Å². The maximum atomic E-state index is 11.8. The number of nitrogens with zero attached hydrogens (tertiary/aromatic N) is 3. The Bertz CT molecular complexity index is 489. The number of primary amides is 1. The van der Waals surface area contributed by atoms with Gasteiger partial charge in [0, 0.05) is 25.9 Å². The number of aryl methyl sites for hydroxylation is 1. The third kappa shape index (κ3) is 6.16. The van der Waals surface area contributed by atoms with Crippen LogP contribution in [0.25, 0.3) is 0 Å². The fourth-order valence-electron chi connectivity index (χ4n) is 1.88. The van der Waals surface area contributed by atoms with Crippen LogP contribution < -0.4 is 11.1 Å². The van der Waals surface area contributed by atoms with Crippen LogP contribution >= 0.6 is 11.8 Å². The van der Waals surface area contributed by atoms with Crippen molar-refractivity contribution < 1.29 is 9.59 Å². The lowest BCUT2D eigenvalue weighted by atomic mass is 10.2. The second-order valence-corrected chi connectivity index (χ2v) is 5.91. The first-order chi connectivity index (χ1) is 9.93. The summed E-state index contributed by atoms with van der Waals surface area (Å²) in [5.41, 5.74) is 5.11. The van der Waals surface area contributed by atoms with Gasteiger partial charge in [0.1, 0.15) is 5.82 Å². The Morgan fingerprint density at radius 3 is 2.76 bits per heavy atom. The van der Waals surface area contributed by atoms with Crippen molar-refractivity contribution in [3.63, 3.8) is 0 Å². The third-order valence-corrected chi connectivity index (χ3v) is 4.00. The summed E-state index contributed by atoms with van der Waals surface area (Å²) < 4.78 is 1.79. The molecule has 0 fully saturated rings. The van der Waals surface area contributed by atoms with Gasteiger partial charge >= 0.3 is 0 Å². The second kappa shape index (κ2) is 8.66. The monoisotopic (exact) mass is 313 g/mol. The number of hydrogen-bond acceptors (Lipinski definition) is 5. The molecule has 0 unspecified atom stereocenters. The predicted molar refractivity (Wildman–Crippen MR) is 81.8 cm³/mol. The molecule has 0 aliphatic heterocycles. The summed E-state index contributed by atoms with van der Waals surface area (Å²) in [6.07, 6.45) is 2.71. The molecule has 3 N–H and O–H groups in total. The molecule has 1 heterocycles. The molecule has 0 aromatic carbocycles. The van der Waals surface area contributed by atoms with Crippen LogP contribution in [0.2, 0.25) is 0 Å². The van der Waals surface area contributed by atoms with Gasteiger partial charge in [-0.25, -0.2) is 0 Å². The zero-order valence-electron chi connectivity index (χ0n) is 12.8. The lowest BCUT2D eigenvalue weighted by Gasteiger charge is -2.12. The van der Waals surface area contributed by atoms with Gasteiger partial charge in [-0.15, -0.1) is 10.2 Å². The number of nitrogens with two attached hydrogens (primary N) is 1. The number of rotatable bonds is 9. The number of carbonyl (C=O) groups excluding carboxylic acids is 2. The zero-order valence-corrected chi connectivity index (χ0v) is 13.6. The highest BCUT2D eigenvalue weighted by Crippen LogP contribution is 2.16. The van der Waals surface area contributed by atoms with Crippen molar-refractivity contribution in [1.29, 1.82) is 0 Å². The summed E-state index contributed by atoms with van der Waals surface area (Å²) in [6.45, 7) is 4.08. The van der Waals surface area contributed by atoms with E-state index in [2.05, 4.69) is 22.4 Å². The minimum Gasteiger partial charge on any atom is -0.370 e. The predicted octanol–water partition coefficient (Wildman–Crippen LogP) is 0.630. The maximum absolute atomic E-state index is 11.8. The maximum Gasteiger partial charge on any atom is 0.230 e. The molecule has 0 saturated carbocycles. The molecule has 0 radical (unpaired) electrons. The minimum absolute atomic E-state index is 0.0114. The highest BCUT2D eigenvalue weighted by Gasteiger charge is 2.13. The molecule has 21 heavy (non-hydrogen) atoms. The largest absolute Gasteiger partial charge is 0.370 e. The molecule has 0 bridgehead atoms.